The van der Waals surface area contributed by atoms with Gasteiger partial charge in [0.2, 0.25) is 5.82 Å². The Morgan fingerprint density at radius 1 is 1.48 bits per heavy atom. The Hall–Kier alpha value is -3.03. The summed E-state index contributed by atoms with van der Waals surface area (Å²) in [5.74, 6) is -0.109. The molecular weight excluding hydrogens is 349 g/mol. The number of rotatable bonds is 4. The zero-order chi connectivity index (χ0) is 19.8. The van der Waals surface area contributed by atoms with Gasteiger partial charge in [0.15, 0.2) is 0 Å². The number of fused-ring (bicyclic) bond motifs is 1. The molecule has 0 fully saturated rings. The predicted octanol–water partition coefficient (Wildman–Crippen LogP) is 4.30. The van der Waals surface area contributed by atoms with E-state index in [2.05, 4.69) is 41.2 Å². The quantitative estimate of drug-likeness (QED) is 0.492. The van der Waals surface area contributed by atoms with Crippen molar-refractivity contribution in [1.82, 2.24) is 4.98 Å². The summed E-state index contributed by atoms with van der Waals surface area (Å²) in [4.78, 5) is 16.4. The molecule has 1 atom stereocenters. The maximum absolute atomic E-state index is 14.6. The van der Waals surface area contributed by atoms with Crippen LogP contribution in [0.3, 0.4) is 0 Å². The minimum absolute atomic E-state index is 0.00645. The fourth-order valence-electron chi connectivity index (χ4n) is 3.50. The third kappa shape index (κ3) is 3.60. The zero-order valence-corrected chi connectivity index (χ0v) is 15.7. The van der Waals surface area contributed by atoms with Crippen LogP contribution in [-0.4, -0.2) is 28.7 Å². The predicted molar refractivity (Wildman–Crippen MR) is 104 cm³/mol. The fraction of sp³-hybridized carbons (Fsp3) is 0.368. The van der Waals surface area contributed by atoms with Gasteiger partial charge in [0.1, 0.15) is 5.82 Å². The van der Waals surface area contributed by atoms with Crippen molar-refractivity contribution in [2.75, 3.05) is 17.4 Å². The van der Waals surface area contributed by atoms with Crippen LogP contribution >= 0.6 is 0 Å². The molecule has 1 aromatic carbocycles. The van der Waals surface area contributed by atoms with Crippen molar-refractivity contribution in [3.8, 4) is 0 Å². The normalized spacial score (nSPS) is 18.4. The Kier molecular flexibility index (Phi) is 4.82. The molecule has 1 aromatic heterocycles. The lowest BCUT2D eigenvalue weighted by molar-refractivity contribution is -0.384. The number of hydrogen-bond donors (Lipinski definition) is 1. The first-order valence-corrected chi connectivity index (χ1v) is 8.66. The number of hydrogen-bond acceptors (Lipinski definition) is 6. The first kappa shape index (κ1) is 18.8. The molecule has 0 aliphatic carbocycles. The molecule has 3 rings (SSSR count). The number of nitro groups is 1. The minimum atomic E-state index is -0.552. The van der Waals surface area contributed by atoms with E-state index in [0.29, 0.717) is 5.56 Å². The molecule has 0 spiro atoms. The molecule has 2 aromatic rings. The highest BCUT2D eigenvalue weighted by atomic mass is 19.1. The SMILES string of the molecule is CC1CC(C)(C)N(C)c2cc(F)c(/C=N\Nc3ncccc3[N+](=O)[O-])cc21. The molecule has 7 nitrogen and oxygen atoms in total. The van der Waals surface area contributed by atoms with Crippen LogP contribution in [0, 0.1) is 15.9 Å². The molecule has 0 saturated heterocycles. The molecule has 1 N–H and O–H groups in total. The van der Waals surface area contributed by atoms with Gasteiger partial charge in [-0.05, 0) is 49.9 Å². The van der Waals surface area contributed by atoms with Gasteiger partial charge in [-0.3, -0.25) is 15.5 Å². The van der Waals surface area contributed by atoms with E-state index in [1.165, 1.54) is 30.6 Å². The average molecular weight is 371 g/mol. The molecule has 0 saturated carbocycles. The third-order valence-electron chi connectivity index (χ3n) is 5.11. The van der Waals surface area contributed by atoms with E-state index in [1.54, 1.807) is 6.07 Å². The molecule has 0 bridgehead atoms. The van der Waals surface area contributed by atoms with Crippen LogP contribution in [0.2, 0.25) is 0 Å². The number of aromatic nitrogens is 1. The Morgan fingerprint density at radius 2 is 2.22 bits per heavy atom. The number of halogens is 1. The summed E-state index contributed by atoms with van der Waals surface area (Å²) in [5, 5.41) is 14.9. The van der Waals surface area contributed by atoms with E-state index >= 15 is 0 Å². The van der Waals surface area contributed by atoms with E-state index in [0.717, 1.165) is 17.7 Å². The van der Waals surface area contributed by atoms with E-state index < -0.39 is 10.7 Å². The molecule has 1 aliphatic rings. The average Bonchev–Trinajstić information content (AvgIpc) is 2.60. The van der Waals surface area contributed by atoms with Crippen molar-refractivity contribution < 1.29 is 9.31 Å². The topological polar surface area (TPSA) is 83.7 Å². The molecule has 142 valence electrons. The van der Waals surface area contributed by atoms with Crippen LogP contribution < -0.4 is 10.3 Å². The smallest absolute Gasteiger partial charge is 0.313 e. The summed E-state index contributed by atoms with van der Waals surface area (Å²) < 4.78 is 14.6. The second kappa shape index (κ2) is 6.94. The van der Waals surface area contributed by atoms with Crippen molar-refractivity contribution in [1.29, 1.82) is 0 Å². The van der Waals surface area contributed by atoms with Crippen molar-refractivity contribution in [2.24, 2.45) is 5.10 Å². The second-order valence-electron chi connectivity index (χ2n) is 7.41. The molecular formula is C19H22FN5O2. The number of pyridine rings is 1. The van der Waals surface area contributed by atoms with Crippen LogP contribution in [-0.2, 0) is 0 Å². The lowest BCUT2D eigenvalue weighted by Gasteiger charge is -2.45. The number of anilines is 2. The molecule has 1 unspecified atom stereocenters. The van der Waals surface area contributed by atoms with Gasteiger partial charge >= 0.3 is 5.69 Å². The second-order valence-corrected chi connectivity index (χ2v) is 7.41. The lowest BCUT2D eigenvalue weighted by Crippen LogP contribution is -2.45. The molecule has 2 heterocycles. The molecule has 0 radical (unpaired) electrons. The summed E-state index contributed by atoms with van der Waals surface area (Å²) in [6.07, 6.45) is 3.70. The van der Waals surface area contributed by atoms with E-state index in [9.17, 15) is 14.5 Å². The number of benzene rings is 1. The Balaban J connectivity index is 1.88. The van der Waals surface area contributed by atoms with E-state index in [1.807, 2.05) is 7.05 Å². The van der Waals surface area contributed by atoms with Gasteiger partial charge in [-0.15, -0.1) is 0 Å². The third-order valence-corrected chi connectivity index (χ3v) is 5.11. The van der Waals surface area contributed by atoms with E-state index in [4.69, 9.17) is 0 Å². The zero-order valence-electron chi connectivity index (χ0n) is 15.7. The van der Waals surface area contributed by atoms with Crippen molar-refractivity contribution in [3.05, 3.63) is 57.5 Å². The van der Waals surface area contributed by atoms with Gasteiger partial charge in [-0.25, -0.2) is 9.37 Å². The Bertz CT molecular complexity index is 913. The molecule has 0 amide bonds. The fourth-order valence-corrected chi connectivity index (χ4v) is 3.50. The van der Waals surface area contributed by atoms with Gasteiger partial charge < -0.3 is 4.90 Å². The van der Waals surface area contributed by atoms with Crippen molar-refractivity contribution in [2.45, 2.75) is 38.6 Å². The highest BCUT2D eigenvalue weighted by molar-refractivity contribution is 5.83. The Labute approximate surface area is 157 Å². The summed E-state index contributed by atoms with van der Waals surface area (Å²) in [6.45, 7) is 6.41. The van der Waals surface area contributed by atoms with Crippen LogP contribution in [0.1, 0.15) is 44.2 Å². The molecule has 27 heavy (non-hydrogen) atoms. The number of nitrogens with zero attached hydrogens (tertiary/aromatic N) is 4. The summed E-state index contributed by atoms with van der Waals surface area (Å²) >= 11 is 0. The number of hydrazone groups is 1. The summed E-state index contributed by atoms with van der Waals surface area (Å²) in [5.41, 5.74) is 4.53. The van der Waals surface area contributed by atoms with Crippen molar-refractivity contribution >= 4 is 23.4 Å². The van der Waals surface area contributed by atoms with Gasteiger partial charge in [0.05, 0.1) is 11.1 Å². The summed E-state index contributed by atoms with van der Waals surface area (Å²) in [7, 11) is 1.97. The first-order valence-electron chi connectivity index (χ1n) is 8.66. The largest absolute Gasteiger partial charge is 0.369 e. The highest BCUT2D eigenvalue weighted by Gasteiger charge is 2.34. The van der Waals surface area contributed by atoms with Gasteiger partial charge in [-0.1, -0.05) is 6.92 Å². The maximum Gasteiger partial charge on any atom is 0.313 e. The standard InChI is InChI=1S/C19H22FN5O2/c1-12-10-19(2,3)24(4)17-9-15(20)13(8-14(12)17)11-22-23-18-16(25(26)27)6-5-7-21-18/h5-9,11-12H,10H2,1-4H3,(H,21,23)/b22-11-. The minimum Gasteiger partial charge on any atom is -0.369 e. The molecule has 1 aliphatic heterocycles. The summed E-state index contributed by atoms with van der Waals surface area (Å²) in [6, 6.07) is 6.11. The first-order chi connectivity index (χ1) is 12.7. The van der Waals surface area contributed by atoms with Crippen LogP contribution in [0.5, 0.6) is 0 Å². The van der Waals surface area contributed by atoms with Gasteiger partial charge in [-0.2, -0.15) is 5.10 Å². The van der Waals surface area contributed by atoms with Gasteiger partial charge in [0, 0.05) is 36.1 Å². The Morgan fingerprint density at radius 3 is 2.93 bits per heavy atom. The lowest BCUT2D eigenvalue weighted by atomic mass is 9.80. The molecule has 8 heteroatoms. The van der Waals surface area contributed by atoms with Crippen LogP contribution in [0.25, 0.3) is 0 Å². The van der Waals surface area contributed by atoms with Crippen molar-refractivity contribution in [3.63, 3.8) is 0 Å². The van der Waals surface area contributed by atoms with Crippen LogP contribution in [0.15, 0.2) is 35.6 Å². The van der Waals surface area contributed by atoms with E-state index in [-0.39, 0.29) is 23.0 Å². The number of nitrogens with one attached hydrogen (secondary N) is 1. The maximum atomic E-state index is 14.6. The van der Waals surface area contributed by atoms with Crippen LogP contribution in [0.4, 0.5) is 21.6 Å². The highest BCUT2D eigenvalue weighted by Crippen LogP contribution is 2.43. The van der Waals surface area contributed by atoms with Gasteiger partial charge in [0.25, 0.3) is 0 Å². The monoisotopic (exact) mass is 371 g/mol.